The minimum absolute atomic E-state index is 0.0549. The summed E-state index contributed by atoms with van der Waals surface area (Å²) in [6.07, 6.45) is 0. The fourth-order valence-corrected chi connectivity index (χ4v) is 1.81. The van der Waals surface area contributed by atoms with E-state index in [1.807, 2.05) is 0 Å². The van der Waals surface area contributed by atoms with Gasteiger partial charge >= 0.3 is 5.97 Å². The summed E-state index contributed by atoms with van der Waals surface area (Å²) in [5.74, 6) is -1.23. The largest absolute Gasteiger partial charge is 0.495 e. The van der Waals surface area contributed by atoms with E-state index in [1.54, 1.807) is 24.3 Å². The van der Waals surface area contributed by atoms with Crippen LogP contribution in [0.3, 0.4) is 0 Å². The molecule has 0 aromatic heterocycles. The first-order valence-corrected chi connectivity index (χ1v) is 5.29. The third kappa shape index (κ3) is 2.18. The standard InChI is InChI=1S/C14H11FO3/c1-18-13-11(6-3-7-12(13)14(16)17)9-4-2-5-10(15)8-9/h2-8H,1H3,(H,16,17). The summed E-state index contributed by atoms with van der Waals surface area (Å²) in [5, 5.41) is 9.07. The summed E-state index contributed by atoms with van der Waals surface area (Å²) in [7, 11) is 1.39. The molecule has 1 N–H and O–H groups in total. The molecule has 2 aromatic rings. The predicted molar refractivity (Wildman–Crippen MR) is 65.3 cm³/mol. The summed E-state index contributed by atoms with van der Waals surface area (Å²) in [5.41, 5.74) is 1.19. The second-order valence-corrected chi connectivity index (χ2v) is 3.70. The highest BCUT2D eigenvalue weighted by Gasteiger charge is 2.15. The van der Waals surface area contributed by atoms with Gasteiger partial charge in [0.15, 0.2) is 0 Å². The van der Waals surface area contributed by atoms with Crippen molar-refractivity contribution in [1.29, 1.82) is 0 Å². The van der Waals surface area contributed by atoms with Gasteiger partial charge in [0.05, 0.1) is 7.11 Å². The highest BCUT2D eigenvalue weighted by molar-refractivity contribution is 5.94. The lowest BCUT2D eigenvalue weighted by Crippen LogP contribution is -2.01. The monoisotopic (exact) mass is 246 g/mol. The van der Waals surface area contributed by atoms with Crippen LogP contribution in [0.5, 0.6) is 5.75 Å². The molecule has 0 fully saturated rings. The van der Waals surface area contributed by atoms with Gasteiger partial charge in [-0.2, -0.15) is 0 Å². The fraction of sp³-hybridized carbons (Fsp3) is 0.0714. The van der Waals surface area contributed by atoms with Crippen LogP contribution in [0, 0.1) is 5.82 Å². The number of hydrogen-bond acceptors (Lipinski definition) is 2. The Morgan fingerprint density at radius 3 is 2.56 bits per heavy atom. The van der Waals surface area contributed by atoms with Crippen LogP contribution in [-0.2, 0) is 0 Å². The van der Waals surface area contributed by atoms with E-state index in [9.17, 15) is 9.18 Å². The molecular weight excluding hydrogens is 235 g/mol. The number of benzene rings is 2. The molecule has 0 amide bonds. The van der Waals surface area contributed by atoms with Gasteiger partial charge in [-0.3, -0.25) is 0 Å². The fourth-order valence-electron chi connectivity index (χ4n) is 1.81. The molecule has 0 aliphatic heterocycles. The van der Waals surface area contributed by atoms with Crippen LogP contribution in [0.15, 0.2) is 42.5 Å². The smallest absolute Gasteiger partial charge is 0.339 e. The summed E-state index contributed by atoms with van der Waals surface area (Å²) < 4.78 is 18.3. The quantitative estimate of drug-likeness (QED) is 0.904. The minimum Gasteiger partial charge on any atom is -0.495 e. The Kier molecular flexibility index (Phi) is 3.28. The maximum absolute atomic E-state index is 13.2. The van der Waals surface area contributed by atoms with Crippen molar-refractivity contribution >= 4 is 5.97 Å². The van der Waals surface area contributed by atoms with Crippen molar-refractivity contribution in [2.45, 2.75) is 0 Å². The lowest BCUT2D eigenvalue weighted by Gasteiger charge is -2.11. The molecule has 0 aliphatic carbocycles. The molecular formula is C14H11FO3. The van der Waals surface area contributed by atoms with Crippen LogP contribution >= 0.6 is 0 Å². The average molecular weight is 246 g/mol. The zero-order valence-corrected chi connectivity index (χ0v) is 9.68. The Bertz CT molecular complexity index is 593. The van der Waals surface area contributed by atoms with Crippen molar-refractivity contribution < 1.29 is 19.0 Å². The molecule has 0 unspecified atom stereocenters. The van der Waals surface area contributed by atoms with Crippen LogP contribution in [0.4, 0.5) is 4.39 Å². The summed E-state index contributed by atoms with van der Waals surface area (Å²) in [6, 6.07) is 10.7. The number of carboxylic acid groups (broad SMARTS) is 1. The Morgan fingerprint density at radius 1 is 1.22 bits per heavy atom. The van der Waals surface area contributed by atoms with E-state index in [1.165, 1.54) is 25.3 Å². The molecule has 3 nitrogen and oxygen atoms in total. The van der Waals surface area contributed by atoms with Crippen molar-refractivity contribution in [3.63, 3.8) is 0 Å². The molecule has 2 rings (SSSR count). The minimum atomic E-state index is -1.08. The molecule has 0 aliphatic rings. The van der Waals surface area contributed by atoms with Crippen molar-refractivity contribution in [2.24, 2.45) is 0 Å². The van der Waals surface area contributed by atoms with Gasteiger partial charge in [0, 0.05) is 5.56 Å². The van der Waals surface area contributed by atoms with Crippen LogP contribution in [-0.4, -0.2) is 18.2 Å². The number of para-hydroxylation sites is 1. The van der Waals surface area contributed by atoms with Crippen molar-refractivity contribution in [3.05, 3.63) is 53.8 Å². The number of halogens is 1. The number of carboxylic acids is 1. The Labute approximate surface area is 103 Å². The third-order valence-electron chi connectivity index (χ3n) is 2.59. The summed E-state index contributed by atoms with van der Waals surface area (Å²) in [4.78, 5) is 11.1. The van der Waals surface area contributed by atoms with Crippen molar-refractivity contribution in [3.8, 4) is 16.9 Å². The highest BCUT2D eigenvalue weighted by atomic mass is 19.1. The second-order valence-electron chi connectivity index (χ2n) is 3.70. The molecule has 18 heavy (non-hydrogen) atoms. The number of rotatable bonds is 3. The van der Waals surface area contributed by atoms with Gasteiger partial charge in [-0.15, -0.1) is 0 Å². The Hall–Kier alpha value is -2.36. The van der Waals surface area contributed by atoms with E-state index < -0.39 is 5.97 Å². The maximum Gasteiger partial charge on any atom is 0.339 e. The third-order valence-corrected chi connectivity index (χ3v) is 2.59. The second kappa shape index (κ2) is 4.87. The lowest BCUT2D eigenvalue weighted by molar-refractivity contribution is 0.0693. The van der Waals surface area contributed by atoms with Gasteiger partial charge in [0.25, 0.3) is 0 Å². The molecule has 0 heterocycles. The SMILES string of the molecule is COc1c(C(=O)O)cccc1-c1cccc(F)c1. The number of ether oxygens (including phenoxy) is 1. The first kappa shape index (κ1) is 12.1. The predicted octanol–water partition coefficient (Wildman–Crippen LogP) is 3.20. The lowest BCUT2D eigenvalue weighted by atomic mass is 10.0. The van der Waals surface area contributed by atoms with E-state index in [4.69, 9.17) is 9.84 Å². The number of carbonyl (C=O) groups is 1. The topological polar surface area (TPSA) is 46.5 Å². The summed E-state index contributed by atoms with van der Waals surface area (Å²) in [6.45, 7) is 0. The molecule has 4 heteroatoms. The molecule has 0 radical (unpaired) electrons. The van der Waals surface area contributed by atoms with Gasteiger partial charge in [-0.1, -0.05) is 24.3 Å². The Morgan fingerprint density at radius 2 is 1.94 bits per heavy atom. The molecule has 2 aromatic carbocycles. The maximum atomic E-state index is 13.2. The van der Waals surface area contributed by atoms with Gasteiger partial charge in [-0.25, -0.2) is 9.18 Å². The number of aromatic carboxylic acids is 1. The average Bonchev–Trinajstić information content (AvgIpc) is 2.37. The number of methoxy groups -OCH3 is 1. The van der Waals surface area contributed by atoms with Crippen LogP contribution in [0.25, 0.3) is 11.1 Å². The van der Waals surface area contributed by atoms with Crippen LogP contribution in [0.2, 0.25) is 0 Å². The van der Waals surface area contributed by atoms with Crippen molar-refractivity contribution in [1.82, 2.24) is 0 Å². The van der Waals surface area contributed by atoms with Gasteiger partial charge < -0.3 is 9.84 Å². The molecule has 0 spiro atoms. The molecule has 0 saturated heterocycles. The van der Waals surface area contributed by atoms with Gasteiger partial charge in [0.2, 0.25) is 0 Å². The van der Waals surface area contributed by atoms with E-state index in [0.717, 1.165) is 0 Å². The van der Waals surface area contributed by atoms with E-state index in [2.05, 4.69) is 0 Å². The van der Waals surface area contributed by atoms with E-state index in [0.29, 0.717) is 11.1 Å². The van der Waals surface area contributed by atoms with Crippen LogP contribution < -0.4 is 4.74 Å². The zero-order valence-electron chi connectivity index (χ0n) is 9.68. The van der Waals surface area contributed by atoms with E-state index >= 15 is 0 Å². The highest BCUT2D eigenvalue weighted by Crippen LogP contribution is 2.33. The molecule has 0 saturated carbocycles. The van der Waals surface area contributed by atoms with Gasteiger partial charge in [0.1, 0.15) is 17.1 Å². The normalized spacial score (nSPS) is 10.1. The molecule has 92 valence electrons. The van der Waals surface area contributed by atoms with Crippen molar-refractivity contribution in [2.75, 3.05) is 7.11 Å². The first-order chi connectivity index (χ1) is 8.63. The molecule has 0 bridgehead atoms. The Balaban J connectivity index is 2.64. The first-order valence-electron chi connectivity index (χ1n) is 5.29. The summed E-state index contributed by atoms with van der Waals surface area (Å²) >= 11 is 0. The van der Waals surface area contributed by atoms with Gasteiger partial charge in [-0.05, 0) is 23.8 Å². The molecule has 0 atom stereocenters. The van der Waals surface area contributed by atoms with E-state index in [-0.39, 0.29) is 17.1 Å². The zero-order chi connectivity index (χ0) is 13.1. The number of hydrogen-bond donors (Lipinski definition) is 1. The van der Waals surface area contributed by atoms with Crippen LogP contribution in [0.1, 0.15) is 10.4 Å².